The first-order valence-electron chi connectivity index (χ1n) is 10.1. The molecule has 0 unspecified atom stereocenters. The highest BCUT2D eigenvalue weighted by molar-refractivity contribution is 6.48. The van der Waals surface area contributed by atoms with E-state index >= 15 is 0 Å². The van der Waals surface area contributed by atoms with Gasteiger partial charge in [0.2, 0.25) is 5.91 Å². The molecule has 156 valence electrons. The van der Waals surface area contributed by atoms with E-state index in [2.05, 4.69) is 17.4 Å². The topological polar surface area (TPSA) is 82.8 Å². The van der Waals surface area contributed by atoms with E-state index < -0.39 is 24.4 Å². The zero-order chi connectivity index (χ0) is 20.8. The van der Waals surface area contributed by atoms with Crippen LogP contribution >= 0.6 is 0 Å². The molecular weight excluding hydrogens is 355 g/mol. The van der Waals surface area contributed by atoms with Crippen molar-refractivity contribution in [1.82, 2.24) is 5.32 Å². The zero-order valence-corrected chi connectivity index (χ0v) is 17.9. The van der Waals surface area contributed by atoms with Gasteiger partial charge in [0.25, 0.3) is 0 Å². The monoisotopic (exact) mass is 390 g/mol. The van der Waals surface area contributed by atoms with Crippen LogP contribution in [-0.4, -0.2) is 49.9 Å². The van der Waals surface area contributed by atoms with Crippen LogP contribution in [0.1, 0.15) is 52.5 Å². The van der Waals surface area contributed by atoms with E-state index in [1.165, 1.54) is 5.56 Å². The van der Waals surface area contributed by atoms with Gasteiger partial charge in [-0.2, -0.15) is 0 Å². The summed E-state index contributed by atoms with van der Waals surface area (Å²) in [6, 6.07) is 9.71. The maximum Gasteiger partial charge on any atom is 0.481 e. The average molecular weight is 390 g/mol. The average Bonchev–Trinajstić information content (AvgIpc) is 2.87. The van der Waals surface area contributed by atoms with Gasteiger partial charge in [-0.1, -0.05) is 30.3 Å². The number of hydrogen-bond acceptors (Lipinski definition) is 5. The van der Waals surface area contributed by atoms with Crippen molar-refractivity contribution in [3.8, 4) is 0 Å². The molecule has 0 radical (unpaired) electrons. The maximum atomic E-state index is 12.6. The van der Waals surface area contributed by atoms with Gasteiger partial charge in [-0.05, 0) is 58.9 Å². The van der Waals surface area contributed by atoms with Gasteiger partial charge in [0.05, 0.1) is 23.2 Å². The Morgan fingerprint density at radius 3 is 2.32 bits per heavy atom. The van der Waals surface area contributed by atoms with Gasteiger partial charge >= 0.3 is 7.12 Å². The van der Waals surface area contributed by atoms with E-state index in [-0.39, 0.29) is 11.8 Å². The van der Waals surface area contributed by atoms with E-state index in [0.717, 1.165) is 19.3 Å². The third-order valence-corrected chi connectivity index (χ3v) is 5.72. The lowest BCUT2D eigenvalue weighted by Gasteiger charge is -2.32. The summed E-state index contributed by atoms with van der Waals surface area (Å²) in [6.45, 7) is 8.50. The number of carbonyl (C=O) groups is 1. The van der Waals surface area contributed by atoms with Crippen molar-refractivity contribution in [2.24, 2.45) is 5.73 Å². The van der Waals surface area contributed by atoms with E-state index in [9.17, 15) is 4.79 Å². The molecular formula is C21H35BN2O4. The van der Waals surface area contributed by atoms with Crippen molar-refractivity contribution in [3.63, 3.8) is 0 Å². The second-order valence-corrected chi connectivity index (χ2v) is 8.51. The number of rotatable bonds is 10. The number of nitrogens with one attached hydrogen (secondary N) is 1. The van der Waals surface area contributed by atoms with Crippen LogP contribution in [0.15, 0.2) is 30.3 Å². The highest BCUT2D eigenvalue weighted by Gasteiger charge is 2.54. The minimum Gasteiger partial charge on any atom is -0.402 e. The predicted molar refractivity (Wildman–Crippen MR) is 112 cm³/mol. The van der Waals surface area contributed by atoms with Crippen LogP contribution in [0.5, 0.6) is 0 Å². The summed E-state index contributed by atoms with van der Waals surface area (Å²) in [5, 5.41) is 3.06. The van der Waals surface area contributed by atoms with Gasteiger partial charge in [0.15, 0.2) is 0 Å². The van der Waals surface area contributed by atoms with Crippen LogP contribution in [0.3, 0.4) is 0 Å². The lowest BCUT2D eigenvalue weighted by atomic mass is 9.75. The second-order valence-electron chi connectivity index (χ2n) is 8.51. The van der Waals surface area contributed by atoms with E-state index in [0.29, 0.717) is 13.0 Å². The number of methoxy groups -OCH3 is 1. The molecule has 0 saturated carbocycles. The molecule has 2 rings (SSSR count). The molecule has 0 aromatic heterocycles. The molecule has 2 atom stereocenters. The molecule has 1 fully saturated rings. The fraction of sp³-hybridized carbons (Fsp3) is 0.667. The molecule has 1 heterocycles. The Hall–Kier alpha value is -1.41. The minimum absolute atomic E-state index is 0.198. The number of benzene rings is 1. The summed E-state index contributed by atoms with van der Waals surface area (Å²) in [4.78, 5) is 12.6. The molecule has 1 amide bonds. The van der Waals surface area contributed by atoms with Gasteiger partial charge in [-0.3, -0.25) is 4.79 Å². The normalized spacial score (nSPS) is 20.0. The first-order chi connectivity index (χ1) is 13.2. The molecule has 1 aromatic rings. The minimum atomic E-state index is -0.612. The number of carbonyl (C=O) groups excluding carboxylic acids is 1. The molecule has 0 spiro atoms. The fourth-order valence-corrected chi connectivity index (χ4v) is 3.17. The molecule has 1 aliphatic heterocycles. The summed E-state index contributed by atoms with van der Waals surface area (Å²) in [5.41, 5.74) is 6.39. The molecule has 1 aliphatic rings. The Balaban J connectivity index is 2.02. The maximum absolute atomic E-state index is 12.6. The number of hydrogen-bond donors (Lipinski definition) is 2. The summed E-state index contributed by atoms with van der Waals surface area (Å²) in [7, 11) is 1.10. The predicted octanol–water partition coefficient (Wildman–Crippen LogP) is 2.49. The molecule has 0 aliphatic carbocycles. The van der Waals surface area contributed by atoms with Crippen LogP contribution in [0, 0.1) is 0 Å². The van der Waals surface area contributed by atoms with Crippen molar-refractivity contribution < 1.29 is 18.8 Å². The second kappa shape index (κ2) is 9.88. The Bertz CT molecular complexity index is 608. The van der Waals surface area contributed by atoms with Crippen molar-refractivity contribution in [2.45, 2.75) is 76.6 Å². The number of aryl methyl sites for hydroxylation is 1. The quantitative estimate of drug-likeness (QED) is 0.600. The number of ether oxygens (including phenoxy) is 1. The van der Waals surface area contributed by atoms with Crippen molar-refractivity contribution >= 4 is 13.0 Å². The number of amides is 1. The first kappa shape index (κ1) is 22.9. The van der Waals surface area contributed by atoms with Crippen LogP contribution in [0.4, 0.5) is 0 Å². The molecule has 3 N–H and O–H groups in total. The Labute approximate surface area is 169 Å². The Morgan fingerprint density at radius 2 is 1.75 bits per heavy atom. The van der Waals surface area contributed by atoms with Crippen molar-refractivity contribution in [1.29, 1.82) is 0 Å². The van der Waals surface area contributed by atoms with Crippen LogP contribution in [0.2, 0.25) is 0 Å². The largest absolute Gasteiger partial charge is 0.481 e. The van der Waals surface area contributed by atoms with Gasteiger partial charge in [-0.25, -0.2) is 0 Å². The first-order valence-corrected chi connectivity index (χ1v) is 10.1. The SMILES string of the molecule is COCC[C@@H](N)C(=O)N[C@@H](CCCc1ccccc1)B1OC(C)(C)C(C)(C)O1. The highest BCUT2D eigenvalue weighted by atomic mass is 16.7. The molecule has 1 aromatic carbocycles. The molecule has 6 nitrogen and oxygen atoms in total. The van der Waals surface area contributed by atoms with Crippen molar-refractivity contribution in [2.75, 3.05) is 13.7 Å². The van der Waals surface area contributed by atoms with Crippen LogP contribution in [0.25, 0.3) is 0 Å². The van der Waals surface area contributed by atoms with E-state index in [1.54, 1.807) is 7.11 Å². The van der Waals surface area contributed by atoms with Crippen LogP contribution < -0.4 is 11.1 Å². The van der Waals surface area contributed by atoms with E-state index in [4.69, 9.17) is 19.8 Å². The molecule has 1 saturated heterocycles. The summed E-state index contributed by atoms with van der Waals surface area (Å²) < 4.78 is 17.4. The molecule has 0 bridgehead atoms. The van der Waals surface area contributed by atoms with Gasteiger partial charge in [-0.15, -0.1) is 0 Å². The Morgan fingerprint density at radius 1 is 1.14 bits per heavy atom. The summed E-state index contributed by atoms with van der Waals surface area (Å²) >= 11 is 0. The van der Waals surface area contributed by atoms with Crippen LogP contribution in [-0.2, 0) is 25.3 Å². The lowest BCUT2D eigenvalue weighted by molar-refractivity contribution is -0.123. The summed E-state index contributed by atoms with van der Waals surface area (Å²) in [6.07, 6.45) is 3.06. The van der Waals surface area contributed by atoms with Gasteiger partial charge in [0, 0.05) is 13.7 Å². The standard InChI is InChI=1S/C21H35BN2O4/c1-20(2)21(3,4)28-22(27-20)18(24-19(25)17(23)14-15-26-5)13-9-12-16-10-7-6-8-11-16/h6-8,10-11,17-18H,9,12-15,23H2,1-5H3,(H,24,25)/t17-,18+/m1/s1. The third kappa shape index (κ3) is 6.04. The molecule has 7 heteroatoms. The zero-order valence-electron chi connectivity index (χ0n) is 17.9. The van der Waals surface area contributed by atoms with E-state index in [1.807, 2.05) is 45.9 Å². The molecule has 28 heavy (non-hydrogen) atoms. The van der Waals surface area contributed by atoms with Gasteiger partial charge < -0.3 is 25.1 Å². The number of nitrogens with two attached hydrogens (primary N) is 1. The van der Waals surface area contributed by atoms with Crippen molar-refractivity contribution in [3.05, 3.63) is 35.9 Å². The fourth-order valence-electron chi connectivity index (χ4n) is 3.17. The Kier molecular flexibility index (Phi) is 8.07. The third-order valence-electron chi connectivity index (χ3n) is 5.72. The van der Waals surface area contributed by atoms with Gasteiger partial charge in [0.1, 0.15) is 0 Å². The summed E-state index contributed by atoms with van der Waals surface area (Å²) in [5.74, 6) is -0.456. The highest BCUT2D eigenvalue weighted by Crippen LogP contribution is 2.38. The smallest absolute Gasteiger partial charge is 0.402 e. The lowest BCUT2D eigenvalue weighted by Crippen LogP contribution is -2.53.